The van der Waals surface area contributed by atoms with Crippen LogP contribution in [-0.2, 0) is 14.4 Å². The average molecular weight is 639 g/mol. The van der Waals surface area contributed by atoms with Gasteiger partial charge in [-0.2, -0.15) is 0 Å². The standard InChI is InChI=1S/C28H20BrN3O6S2/c29-15-3-7-17(8-4-15)32-26(35)22-21(23-25(31-28(37)40-23)39-24(22)27(32)36)14-1-11-19(12-2-14)38-13-20(34)30-16-5-9-18(33)10-6-16/h1-12,21-22,24,33H,13H2,(H,30,34)(H,31,37)/t21-,22-,24+/m0/s1. The number of imide groups is 1. The number of aromatic nitrogens is 1. The number of halogens is 1. The van der Waals surface area contributed by atoms with Gasteiger partial charge in [0.05, 0.1) is 16.6 Å². The summed E-state index contributed by atoms with van der Waals surface area (Å²) < 4.78 is 6.47. The summed E-state index contributed by atoms with van der Waals surface area (Å²) in [5.41, 5.74) is 1.78. The largest absolute Gasteiger partial charge is 0.508 e. The lowest BCUT2D eigenvalue weighted by Crippen LogP contribution is -2.32. The molecule has 3 aromatic carbocycles. The van der Waals surface area contributed by atoms with Crippen LogP contribution >= 0.6 is 39.0 Å². The third-order valence-corrected chi connectivity index (χ3v) is 9.60. The number of phenolic OH excluding ortho intramolecular Hbond substituents is 1. The summed E-state index contributed by atoms with van der Waals surface area (Å²) in [5, 5.41) is 12.0. The molecule has 0 spiro atoms. The number of hydrogen-bond acceptors (Lipinski definition) is 8. The lowest BCUT2D eigenvalue weighted by atomic mass is 9.83. The van der Waals surface area contributed by atoms with E-state index in [2.05, 4.69) is 26.2 Å². The fraction of sp³-hybridized carbons (Fsp3) is 0.143. The zero-order valence-corrected chi connectivity index (χ0v) is 23.7. The molecule has 0 bridgehead atoms. The van der Waals surface area contributed by atoms with Gasteiger partial charge >= 0.3 is 4.87 Å². The van der Waals surface area contributed by atoms with Gasteiger partial charge in [-0.3, -0.25) is 19.2 Å². The van der Waals surface area contributed by atoms with Crippen molar-refractivity contribution in [3.63, 3.8) is 0 Å². The lowest BCUT2D eigenvalue weighted by molar-refractivity contribution is -0.122. The Labute approximate surface area is 244 Å². The van der Waals surface area contributed by atoms with Crippen molar-refractivity contribution in [2.45, 2.75) is 16.2 Å². The van der Waals surface area contributed by atoms with Crippen molar-refractivity contribution in [2.24, 2.45) is 5.92 Å². The Balaban J connectivity index is 1.24. The molecular formula is C28H20BrN3O6S2. The van der Waals surface area contributed by atoms with E-state index in [0.717, 1.165) is 26.3 Å². The Bertz CT molecular complexity index is 1670. The zero-order valence-electron chi connectivity index (χ0n) is 20.5. The highest BCUT2D eigenvalue weighted by Crippen LogP contribution is 2.53. The smallest absolute Gasteiger partial charge is 0.305 e. The minimum atomic E-state index is -0.692. The van der Waals surface area contributed by atoms with Crippen molar-refractivity contribution in [3.05, 3.63) is 97.4 Å². The Hall–Kier alpha value is -3.87. The van der Waals surface area contributed by atoms with Gasteiger partial charge in [0.1, 0.15) is 16.7 Å². The predicted octanol–water partition coefficient (Wildman–Crippen LogP) is 4.72. The number of H-pyrrole nitrogens is 1. The molecule has 12 heteroatoms. The summed E-state index contributed by atoms with van der Waals surface area (Å²) in [6.07, 6.45) is 0. The van der Waals surface area contributed by atoms with Crippen LogP contribution in [-0.4, -0.2) is 39.7 Å². The van der Waals surface area contributed by atoms with Gasteiger partial charge in [0.25, 0.3) is 5.91 Å². The van der Waals surface area contributed by atoms with Crippen LogP contribution in [0.3, 0.4) is 0 Å². The number of nitrogens with zero attached hydrogens (tertiary/aromatic N) is 1. The predicted molar refractivity (Wildman–Crippen MR) is 155 cm³/mol. The molecule has 3 amide bonds. The Kier molecular flexibility index (Phi) is 6.99. The number of benzene rings is 3. The van der Waals surface area contributed by atoms with E-state index < -0.39 is 17.1 Å². The number of carbonyl (C=O) groups is 3. The minimum Gasteiger partial charge on any atom is -0.508 e. The maximum atomic E-state index is 13.8. The van der Waals surface area contributed by atoms with Gasteiger partial charge in [0.15, 0.2) is 6.61 Å². The van der Waals surface area contributed by atoms with Gasteiger partial charge in [0.2, 0.25) is 11.8 Å². The van der Waals surface area contributed by atoms with Gasteiger partial charge in [-0.25, -0.2) is 4.90 Å². The van der Waals surface area contributed by atoms with E-state index in [4.69, 9.17) is 4.74 Å². The molecular weight excluding hydrogens is 618 g/mol. The van der Waals surface area contributed by atoms with Crippen LogP contribution in [0.15, 0.2) is 87.1 Å². The number of aromatic amines is 1. The average Bonchev–Trinajstić information content (AvgIpc) is 3.44. The van der Waals surface area contributed by atoms with Crippen molar-refractivity contribution in [1.29, 1.82) is 0 Å². The van der Waals surface area contributed by atoms with Crippen LogP contribution in [0.2, 0.25) is 0 Å². The number of carbonyl (C=O) groups excluding carboxylic acids is 3. The Morgan fingerprint density at radius 2 is 1.68 bits per heavy atom. The molecule has 3 N–H and O–H groups in total. The van der Waals surface area contributed by atoms with Crippen LogP contribution in [0.4, 0.5) is 11.4 Å². The summed E-state index contributed by atoms with van der Waals surface area (Å²) in [6, 6.07) is 20.1. The summed E-state index contributed by atoms with van der Waals surface area (Å²) in [5.74, 6) is -1.65. The van der Waals surface area contributed by atoms with Gasteiger partial charge in [0, 0.05) is 21.0 Å². The van der Waals surface area contributed by atoms with Crippen LogP contribution < -0.4 is 19.8 Å². The van der Waals surface area contributed by atoms with E-state index in [1.165, 1.54) is 28.8 Å². The monoisotopic (exact) mass is 637 g/mol. The molecule has 4 aromatic rings. The topological polar surface area (TPSA) is 129 Å². The molecule has 40 heavy (non-hydrogen) atoms. The molecule has 2 aliphatic heterocycles. The van der Waals surface area contributed by atoms with Crippen LogP contribution in [0.5, 0.6) is 11.5 Å². The van der Waals surface area contributed by atoms with E-state index >= 15 is 0 Å². The van der Waals surface area contributed by atoms with E-state index in [1.807, 2.05) is 0 Å². The van der Waals surface area contributed by atoms with Crippen molar-refractivity contribution < 1.29 is 24.2 Å². The van der Waals surface area contributed by atoms with Gasteiger partial charge in [-0.05, 0) is 66.2 Å². The van der Waals surface area contributed by atoms with Gasteiger partial charge in [-0.15, -0.1) is 0 Å². The number of aromatic hydroxyl groups is 1. The summed E-state index contributed by atoms with van der Waals surface area (Å²) >= 11 is 5.65. The second kappa shape index (κ2) is 10.6. The lowest BCUT2D eigenvalue weighted by Gasteiger charge is -2.29. The third-order valence-electron chi connectivity index (χ3n) is 6.67. The highest BCUT2D eigenvalue weighted by Gasteiger charge is 2.56. The number of ether oxygens (including phenoxy) is 1. The number of amides is 3. The van der Waals surface area contributed by atoms with E-state index in [-0.39, 0.29) is 35.0 Å². The van der Waals surface area contributed by atoms with Crippen LogP contribution in [0.1, 0.15) is 16.4 Å². The van der Waals surface area contributed by atoms with Crippen molar-refractivity contribution in [2.75, 3.05) is 16.8 Å². The normalized spacial score (nSPS) is 19.7. The first-order chi connectivity index (χ1) is 19.3. The molecule has 0 aliphatic carbocycles. The van der Waals surface area contributed by atoms with Crippen molar-refractivity contribution in [1.82, 2.24) is 4.98 Å². The summed E-state index contributed by atoms with van der Waals surface area (Å²) in [4.78, 5) is 56.3. The first-order valence-electron chi connectivity index (χ1n) is 12.1. The Morgan fingerprint density at radius 3 is 2.38 bits per heavy atom. The number of thiazole rings is 1. The molecule has 1 aromatic heterocycles. The molecule has 0 saturated carbocycles. The van der Waals surface area contributed by atoms with E-state index in [9.17, 15) is 24.3 Å². The quantitative estimate of drug-likeness (QED) is 0.206. The molecule has 3 heterocycles. The molecule has 0 radical (unpaired) electrons. The maximum Gasteiger partial charge on any atom is 0.305 e. The number of nitrogens with one attached hydrogen (secondary N) is 2. The first kappa shape index (κ1) is 26.4. The second-order valence-corrected chi connectivity index (χ2v) is 12.3. The number of thioether (sulfide) groups is 1. The molecule has 1 saturated heterocycles. The Morgan fingerprint density at radius 1 is 0.975 bits per heavy atom. The maximum absolute atomic E-state index is 13.8. The second-order valence-electron chi connectivity index (χ2n) is 9.19. The molecule has 0 unspecified atom stereocenters. The molecule has 202 valence electrons. The van der Waals surface area contributed by atoms with Gasteiger partial charge in [-0.1, -0.05) is 51.2 Å². The minimum absolute atomic E-state index is 0.0981. The highest BCUT2D eigenvalue weighted by atomic mass is 79.9. The van der Waals surface area contributed by atoms with Crippen molar-refractivity contribution in [3.8, 4) is 11.5 Å². The highest BCUT2D eigenvalue weighted by molar-refractivity contribution is 9.10. The van der Waals surface area contributed by atoms with E-state index in [0.29, 0.717) is 22.2 Å². The number of fused-ring (bicyclic) bond motifs is 2. The molecule has 6 rings (SSSR count). The third kappa shape index (κ3) is 4.93. The van der Waals surface area contributed by atoms with Crippen LogP contribution in [0.25, 0.3) is 0 Å². The van der Waals surface area contributed by atoms with E-state index in [1.54, 1.807) is 60.7 Å². The number of anilines is 2. The molecule has 3 atom stereocenters. The first-order valence-corrected chi connectivity index (χ1v) is 14.6. The van der Waals surface area contributed by atoms with Crippen molar-refractivity contribution >= 4 is 68.1 Å². The van der Waals surface area contributed by atoms with Crippen LogP contribution in [0, 0.1) is 5.92 Å². The van der Waals surface area contributed by atoms with Gasteiger partial charge < -0.3 is 20.1 Å². The fourth-order valence-corrected chi connectivity index (χ4v) is 7.66. The SMILES string of the molecule is O=C(COc1ccc([C@@H]2c3sc(=O)[nH]c3S[C@H]3C(=O)N(c4ccc(Br)cc4)C(=O)[C@@H]23)cc1)Nc1ccc(O)cc1. The number of phenols is 1. The molecule has 1 fully saturated rings. The zero-order chi connectivity index (χ0) is 28.0. The molecule has 9 nitrogen and oxygen atoms in total. The number of rotatable bonds is 6. The summed E-state index contributed by atoms with van der Waals surface area (Å²) in [6.45, 7) is -0.232. The molecule has 2 aliphatic rings. The summed E-state index contributed by atoms with van der Waals surface area (Å²) in [7, 11) is 0. The fourth-order valence-electron chi connectivity index (χ4n) is 4.88. The number of hydrogen-bond donors (Lipinski definition) is 3.